The summed E-state index contributed by atoms with van der Waals surface area (Å²) in [5.41, 5.74) is 3.28. The van der Waals surface area contributed by atoms with E-state index in [0.717, 1.165) is 49.6 Å². The molecule has 0 aromatic heterocycles. The Morgan fingerprint density at radius 2 is 1.89 bits per heavy atom. The highest BCUT2D eigenvalue weighted by atomic mass is 16.5. The Balaban J connectivity index is 1.15. The number of aliphatic hydroxyl groups is 1. The number of nitrogens with zero attached hydrogens (tertiary/aromatic N) is 1. The number of likely N-dealkylation sites (tertiary alicyclic amines) is 1. The molecule has 0 unspecified atom stereocenters. The first-order valence-electron chi connectivity index (χ1n) is 14.1. The minimum Gasteiger partial charge on any atom is -0.493 e. The van der Waals surface area contributed by atoms with Crippen molar-refractivity contribution in [3.63, 3.8) is 0 Å². The van der Waals surface area contributed by atoms with Crippen molar-refractivity contribution < 1.29 is 19.3 Å². The van der Waals surface area contributed by atoms with Crippen LogP contribution < -0.4 is 9.47 Å². The average Bonchev–Trinajstić information content (AvgIpc) is 3.65. The summed E-state index contributed by atoms with van der Waals surface area (Å²) in [6, 6.07) is 15.4. The second kappa shape index (κ2) is 6.67. The quantitative estimate of drug-likeness (QED) is 0.668. The summed E-state index contributed by atoms with van der Waals surface area (Å²) in [6.07, 6.45) is 7.02. The maximum Gasteiger partial charge on any atom is 0.165 e. The van der Waals surface area contributed by atoms with Gasteiger partial charge in [-0.05, 0) is 68.2 Å². The molecule has 36 heavy (non-hydrogen) atoms. The van der Waals surface area contributed by atoms with E-state index in [0.29, 0.717) is 12.6 Å². The molecule has 2 aromatic carbocycles. The summed E-state index contributed by atoms with van der Waals surface area (Å²) < 4.78 is 19.3. The highest BCUT2D eigenvalue weighted by Crippen LogP contribution is 2.81. The molecule has 1 saturated heterocycles. The standard InChI is InChI=1S/C31H35NO4/c1-34-23-10-9-20-13-24-29-14-21-26(35-17-19-5-3-2-4-6-19)22(15-29)31(21,33)28-30(29,25(20)27(23)36-28)11-12-32(24)16-18-7-8-18/h2-6,9-10,18,21-22,24,26,28,33H,7-8,11-17H2,1H3/t21-,22-,24-,26?,28-,29?,30+,31?/m1/s1. The molecule has 0 radical (unpaired) electrons. The van der Waals surface area contributed by atoms with Gasteiger partial charge in [-0.3, -0.25) is 4.90 Å². The number of hydrogen-bond donors (Lipinski definition) is 1. The van der Waals surface area contributed by atoms with E-state index in [9.17, 15) is 5.11 Å². The summed E-state index contributed by atoms with van der Waals surface area (Å²) >= 11 is 0. The minimum absolute atomic E-state index is 0.0959. The number of ether oxygens (including phenoxy) is 3. The highest BCUT2D eigenvalue weighted by molar-refractivity contribution is 5.64. The molecule has 2 aromatic rings. The van der Waals surface area contributed by atoms with Crippen LogP contribution in [0, 0.1) is 23.2 Å². The summed E-state index contributed by atoms with van der Waals surface area (Å²) in [5, 5.41) is 12.5. The molecule has 5 atom stereocenters. The Morgan fingerprint density at radius 3 is 2.64 bits per heavy atom. The Bertz CT molecular complexity index is 1240. The third-order valence-electron chi connectivity index (χ3n) is 11.8. The maximum absolute atomic E-state index is 12.5. The first kappa shape index (κ1) is 20.9. The van der Waals surface area contributed by atoms with Crippen LogP contribution >= 0.6 is 0 Å². The molecule has 7 aliphatic carbocycles. The first-order chi connectivity index (χ1) is 17.6. The number of hydrogen-bond acceptors (Lipinski definition) is 5. The maximum atomic E-state index is 12.5. The lowest BCUT2D eigenvalue weighted by atomic mass is 9.27. The predicted molar refractivity (Wildman–Crippen MR) is 134 cm³/mol. The first-order valence-corrected chi connectivity index (χ1v) is 14.1. The van der Waals surface area contributed by atoms with E-state index in [4.69, 9.17) is 14.2 Å². The van der Waals surface area contributed by atoms with Gasteiger partial charge in [0, 0.05) is 40.8 Å². The lowest BCUT2D eigenvalue weighted by Crippen LogP contribution is -2.90. The minimum atomic E-state index is -0.815. The van der Waals surface area contributed by atoms with Gasteiger partial charge in [0.15, 0.2) is 11.5 Å². The van der Waals surface area contributed by atoms with Crippen LogP contribution in [0.15, 0.2) is 42.5 Å². The third-order valence-corrected chi connectivity index (χ3v) is 11.8. The van der Waals surface area contributed by atoms with Crippen LogP contribution in [0.1, 0.15) is 48.8 Å². The topological polar surface area (TPSA) is 51.2 Å². The van der Waals surface area contributed by atoms with Crippen LogP contribution in [0.25, 0.3) is 0 Å². The van der Waals surface area contributed by atoms with Gasteiger partial charge in [-0.2, -0.15) is 0 Å². The molecule has 5 nitrogen and oxygen atoms in total. The lowest BCUT2D eigenvalue weighted by molar-refractivity contribution is -0.384. The molecule has 188 valence electrons. The Kier molecular flexibility index (Phi) is 3.88. The second-order valence-electron chi connectivity index (χ2n) is 12.9. The fourth-order valence-corrected chi connectivity index (χ4v) is 10.3. The van der Waals surface area contributed by atoms with E-state index in [1.165, 1.54) is 36.1 Å². The molecular weight excluding hydrogens is 450 g/mol. The van der Waals surface area contributed by atoms with Gasteiger partial charge in [-0.15, -0.1) is 0 Å². The molecule has 6 saturated carbocycles. The lowest BCUT2D eigenvalue weighted by Gasteiger charge is -2.80. The van der Waals surface area contributed by atoms with Gasteiger partial charge < -0.3 is 19.3 Å². The summed E-state index contributed by atoms with van der Waals surface area (Å²) in [6.45, 7) is 2.99. The second-order valence-corrected chi connectivity index (χ2v) is 12.9. The molecule has 11 rings (SSSR count). The van der Waals surface area contributed by atoms with E-state index in [1.54, 1.807) is 7.11 Å². The van der Waals surface area contributed by atoms with Gasteiger partial charge in [-0.1, -0.05) is 36.4 Å². The largest absolute Gasteiger partial charge is 0.493 e. The fourth-order valence-electron chi connectivity index (χ4n) is 10.3. The van der Waals surface area contributed by atoms with Crippen molar-refractivity contribution >= 4 is 0 Å². The Hall–Kier alpha value is -2.08. The Labute approximate surface area is 212 Å². The van der Waals surface area contributed by atoms with Gasteiger partial charge in [0.25, 0.3) is 0 Å². The average molecular weight is 486 g/mol. The van der Waals surface area contributed by atoms with Gasteiger partial charge in [0.1, 0.15) is 11.7 Å². The number of benzene rings is 2. The summed E-state index contributed by atoms with van der Waals surface area (Å²) in [7, 11) is 1.75. The van der Waals surface area contributed by atoms with Crippen LogP contribution in [-0.4, -0.2) is 54.1 Å². The van der Waals surface area contributed by atoms with Crippen molar-refractivity contribution in [1.29, 1.82) is 0 Å². The predicted octanol–water partition coefficient (Wildman–Crippen LogP) is 4.09. The summed E-state index contributed by atoms with van der Waals surface area (Å²) in [4.78, 5) is 2.86. The van der Waals surface area contributed by atoms with Gasteiger partial charge in [-0.25, -0.2) is 0 Å². The van der Waals surface area contributed by atoms with E-state index in [2.05, 4.69) is 47.4 Å². The van der Waals surface area contributed by atoms with Crippen molar-refractivity contribution in [2.24, 2.45) is 23.2 Å². The van der Waals surface area contributed by atoms with Gasteiger partial charge in [0.2, 0.25) is 0 Å². The van der Waals surface area contributed by atoms with E-state index in [-0.39, 0.29) is 34.9 Å². The molecular formula is C31H35NO4. The molecule has 2 heterocycles. The van der Waals surface area contributed by atoms with Crippen LogP contribution in [0.2, 0.25) is 0 Å². The van der Waals surface area contributed by atoms with Crippen LogP contribution in [0.4, 0.5) is 0 Å². The zero-order chi connectivity index (χ0) is 23.9. The SMILES string of the molecule is COc1ccc2c3c1O[C@H]1C4(O)[C@@H]5CC6(C[C@@H]4C5OCc4ccccc4)[C@@H](C2)N(CC2CC2)CC[C@]316. The zero-order valence-corrected chi connectivity index (χ0v) is 21.0. The normalized spacial score (nSPS) is 44.6. The fraction of sp³-hybridized carbons (Fsp3) is 0.613. The van der Waals surface area contributed by atoms with Crippen LogP contribution in [0.3, 0.4) is 0 Å². The zero-order valence-electron chi connectivity index (χ0n) is 21.0. The van der Waals surface area contributed by atoms with Gasteiger partial charge >= 0.3 is 0 Å². The molecule has 5 heteroatoms. The molecule has 7 fully saturated rings. The van der Waals surface area contributed by atoms with Gasteiger partial charge in [0.05, 0.1) is 19.8 Å². The molecule has 1 N–H and O–H groups in total. The third kappa shape index (κ3) is 2.19. The van der Waals surface area contributed by atoms with Crippen LogP contribution in [-0.2, 0) is 23.2 Å². The number of piperidine rings is 1. The van der Waals surface area contributed by atoms with Crippen LogP contribution in [0.5, 0.6) is 11.5 Å². The van der Waals surface area contributed by atoms with Crippen molar-refractivity contribution in [3.05, 3.63) is 59.2 Å². The van der Waals surface area contributed by atoms with Crippen molar-refractivity contribution in [2.45, 2.75) is 74.4 Å². The number of rotatable bonds is 6. The smallest absolute Gasteiger partial charge is 0.165 e. The summed E-state index contributed by atoms with van der Waals surface area (Å²) in [5.74, 6) is 2.94. The monoisotopic (exact) mass is 485 g/mol. The molecule has 2 spiro atoms. The van der Waals surface area contributed by atoms with E-state index >= 15 is 0 Å². The molecule has 9 aliphatic rings. The number of methoxy groups -OCH3 is 1. The van der Waals surface area contributed by atoms with Crippen molar-refractivity contribution in [1.82, 2.24) is 4.90 Å². The van der Waals surface area contributed by atoms with E-state index < -0.39 is 5.60 Å². The van der Waals surface area contributed by atoms with Crippen molar-refractivity contribution in [3.8, 4) is 11.5 Å². The molecule has 2 aliphatic heterocycles. The molecule has 6 bridgehead atoms. The Morgan fingerprint density at radius 1 is 1.08 bits per heavy atom. The molecule has 0 amide bonds. The van der Waals surface area contributed by atoms with E-state index in [1.807, 2.05) is 0 Å². The highest BCUT2D eigenvalue weighted by Gasteiger charge is 2.88. The van der Waals surface area contributed by atoms with Crippen molar-refractivity contribution in [2.75, 3.05) is 20.2 Å².